The minimum absolute atomic E-state index is 0.784. The summed E-state index contributed by atoms with van der Waals surface area (Å²) in [5.74, 6) is 0. The van der Waals surface area contributed by atoms with Crippen LogP contribution >= 0.6 is 0 Å². The molecule has 0 aliphatic rings. The van der Waals surface area contributed by atoms with Crippen molar-refractivity contribution in [1.29, 1.82) is 0 Å². The summed E-state index contributed by atoms with van der Waals surface area (Å²) < 4.78 is 0. The molecule has 0 aromatic carbocycles. The van der Waals surface area contributed by atoms with Crippen molar-refractivity contribution in [3.05, 3.63) is 24.0 Å². The fourth-order valence-corrected chi connectivity index (χ4v) is 0.343. The third-order valence-electron chi connectivity index (χ3n) is 0.802. The van der Waals surface area contributed by atoms with E-state index in [1.807, 2.05) is 19.1 Å². The number of hydrogen-bond acceptors (Lipinski definition) is 0. The molecule has 0 aromatic rings. The Morgan fingerprint density at radius 3 is 2.62 bits per heavy atom. The molecule has 45 valence electrons. The molecule has 0 amide bonds. The molecule has 1 radical (unpaired) electrons. The van der Waals surface area contributed by atoms with Crippen LogP contribution in [0.25, 0.3) is 0 Å². The average Bonchev–Trinajstić information content (AvgIpc) is 1.83. The van der Waals surface area contributed by atoms with Crippen LogP contribution in [0.15, 0.2) is 24.0 Å². The maximum absolute atomic E-state index is 9.92. The first-order valence-electron chi connectivity index (χ1n) is 2.76. The van der Waals surface area contributed by atoms with Crippen molar-refractivity contribution in [2.45, 2.75) is 20.3 Å². The van der Waals surface area contributed by atoms with E-state index in [0.717, 1.165) is 18.3 Å². The van der Waals surface area contributed by atoms with Crippen molar-refractivity contribution in [3.8, 4) is 0 Å². The van der Waals surface area contributed by atoms with Crippen molar-refractivity contribution in [3.63, 3.8) is 0 Å². The van der Waals surface area contributed by atoms with Gasteiger partial charge in [0.1, 0.15) is 6.26 Å². The predicted octanol–water partition coefficient (Wildman–Crippen LogP) is 2.29. The molecule has 0 bridgehead atoms. The molecule has 0 atom stereocenters. The Balaban J connectivity index is 3.53. The van der Waals surface area contributed by atoms with Crippen LogP contribution in [0.2, 0.25) is 0 Å². The maximum Gasteiger partial charge on any atom is 0.145 e. The Bertz CT molecular complexity index is 101. The topological polar surface area (TPSA) is 19.9 Å². The predicted molar refractivity (Wildman–Crippen MR) is 33.9 cm³/mol. The monoisotopic (exact) mass is 111 g/mol. The van der Waals surface area contributed by atoms with Crippen molar-refractivity contribution in [2.24, 2.45) is 0 Å². The van der Waals surface area contributed by atoms with E-state index in [1.54, 1.807) is 6.92 Å². The Hall–Kier alpha value is -0.720. The lowest BCUT2D eigenvalue weighted by Gasteiger charge is -1.81. The second-order valence-corrected chi connectivity index (χ2v) is 1.67. The molecule has 8 heavy (non-hydrogen) atoms. The summed E-state index contributed by atoms with van der Waals surface area (Å²) in [6.45, 7) is 3.83. The van der Waals surface area contributed by atoms with Gasteiger partial charge in [-0.15, -0.1) is 0 Å². The van der Waals surface area contributed by atoms with Gasteiger partial charge in [0.15, 0.2) is 0 Å². The highest BCUT2D eigenvalue weighted by Gasteiger charge is 1.75. The van der Waals surface area contributed by atoms with Crippen LogP contribution < -0.4 is 0 Å². The largest absolute Gasteiger partial charge is 0.298 e. The van der Waals surface area contributed by atoms with E-state index in [4.69, 9.17) is 0 Å². The Labute approximate surface area is 50.3 Å². The minimum atomic E-state index is 0.784. The van der Waals surface area contributed by atoms with Crippen molar-refractivity contribution < 1.29 is 5.11 Å². The minimum Gasteiger partial charge on any atom is -0.298 e. The molecule has 0 aliphatic carbocycles. The first-order chi connectivity index (χ1) is 3.81. The highest BCUT2D eigenvalue weighted by Crippen LogP contribution is 1.92. The molecule has 0 saturated heterocycles. The first kappa shape index (κ1) is 7.28. The third kappa shape index (κ3) is 3.47. The van der Waals surface area contributed by atoms with Crippen molar-refractivity contribution in [1.82, 2.24) is 0 Å². The first-order valence-corrected chi connectivity index (χ1v) is 2.76. The molecule has 0 aromatic heterocycles. The van der Waals surface area contributed by atoms with Gasteiger partial charge < -0.3 is 0 Å². The Morgan fingerprint density at radius 1 is 1.62 bits per heavy atom. The summed E-state index contributed by atoms with van der Waals surface area (Å²) >= 11 is 0. The second kappa shape index (κ2) is 4.44. The van der Waals surface area contributed by atoms with Crippen LogP contribution in [0.1, 0.15) is 20.3 Å². The van der Waals surface area contributed by atoms with Crippen LogP contribution in [0.5, 0.6) is 0 Å². The second-order valence-electron chi connectivity index (χ2n) is 1.67. The molecule has 0 N–H and O–H groups in total. The lowest BCUT2D eigenvalue weighted by atomic mass is 10.3. The summed E-state index contributed by atoms with van der Waals surface area (Å²) in [7, 11) is 0. The normalized spacial score (nSPS) is 13.0. The van der Waals surface area contributed by atoms with Gasteiger partial charge in [-0.25, -0.2) is 0 Å². The van der Waals surface area contributed by atoms with Gasteiger partial charge >= 0.3 is 0 Å². The number of hydrogen-bond donors (Lipinski definition) is 0. The molecule has 0 unspecified atom stereocenters. The molecule has 0 aliphatic heterocycles. The highest BCUT2D eigenvalue weighted by atomic mass is 16.2. The number of rotatable bonds is 2. The van der Waals surface area contributed by atoms with Gasteiger partial charge in [0.25, 0.3) is 0 Å². The summed E-state index contributed by atoms with van der Waals surface area (Å²) in [4.78, 5) is 0. The molecular formula is C7H11O. The SMILES string of the molecule is CCC=CC(C)=C[O]. The van der Waals surface area contributed by atoms with E-state index < -0.39 is 0 Å². The summed E-state index contributed by atoms with van der Waals surface area (Å²) in [6.07, 6.45) is 5.63. The maximum atomic E-state index is 9.92. The van der Waals surface area contributed by atoms with Crippen LogP contribution in [-0.2, 0) is 5.11 Å². The molecule has 0 rings (SSSR count). The summed E-state index contributed by atoms with van der Waals surface area (Å²) in [5, 5.41) is 9.92. The van der Waals surface area contributed by atoms with Crippen molar-refractivity contribution >= 4 is 0 Å². The van der Waals surface area contributed by atoms with Crippen LogP contribution in [-0.4, -0.2) is 0 Å². The van der Waals surface area contributed by atoms with Gasteiger partial charge in [0, 0.05) is 0 Å². The van der Waals surface area contributed by atoms with E-state index in [1.165, 1.54) is 0 Å². The molecule has 0 saturated carbocycles. The fourth-order valence-electron chi connectivity index (χ4n) is 0.343. The van der Waals surface area contributed by atoms with Gasteiger partial charge in [0.2, 0.25) is 0 Å². The zero-order valence-corrected chi connectivity index (χ0v) is 5.35. The van der Waals surface area contributed by atoms with Crippen molar-refractivity contribution in [2.75, 3.05) is 0 Å². The Kier molecular flexibility index (Phi) is 4.04. The summed E-state index contributed by atoms with van der Waals surface area (Å²) in [6, 6.07) is 0. The molecule has 0 fully saturated rings. The lowest BCUT2D eigenvalue weighted by molar-refractivity contribution is 0.348. The third-order valence-corrected chi connectivity index (χ3v) is 0.802. The molecule has 0 spiro atoms. The van der Waals surface area contributed by atoms with Gasteiger partial charge in [-0.2, -0.15) is 0 Å². The summed E-state index contributed by atoms with van der Waals surface area (Å²) in [5.41, 5.74) is 0.784. The van der Waals surface area contributed by atoms with Gasteiger partial charge in [-0.1, -0.05) is 19.1 Å². The lowest BCUT2D eigenvalue weighted by Crippen LogP contribution is -1.63. The van der Waals surface area contributed by atoms with Gasteiger partial charge in [-0.05, 0) is 18.9 Å². The van der Waals surface area contributed by atoms with Gasteiger partial charge in [0.05, 0.1) is 0 Å². The highest BCUT2D eigenvalue weighted by molar-refractivity contribution is 5.12. The fraction of sp³-hybridized carbons (Fsp3) is 0.429. The smallest absolute Gasteiger partial charge is 0.145 e. The van der Waals surface area contributed by atoms with E-state index >= 15 is 0 Å². The zero-order chi connectivity index (χ0) is 6.41. The van der Waals surface area contributed by atoms with Crippen LogP contribution in [0.4, 0.5) is 0 Å². The van der Waals surface area contributed by atoms with E-state index in [-0.39, 0.29) is 0 Å². The molecule has 0 heterocycles. The van der Waals surface area contributed by atoms with E-state index in [0.29, 0.717) is 0 Å². The average molecular weight is 111 g/mol. The zero-order valence-electron chi connectivity index (χ0n) is 5.35. The quantitative estimate of drug-likeness (QED) is 0.385. The van der Waals surface area contributed by atoms with Gasteiger partial charge in [-0.3, -0.25) is 5.11 Å². The molecular weight excluding hydrogens is 100 g/mol. The number of allylic oxidation sites excluding steroid dienone is 3. The van der Waals surface area contributed by atoms with E-state index in [9.17, 15) is 5.11 Å². The van der Waals surface area contributed by atoms with E-state index in [2.05, 4.69) is 0 Å². The van der Waals surface area contributed by atoms with Crippen LogP contribution in [0, 0.1) is 0 Å². The van der Waals surface area contributed by atoms with Crippen LogP contribution in [0.3, 0.4) is 0 Å². The standard InChI is InChI=1S/C7H11O/c1-3-4-5-7(2)6-8/h4-6H,3H2,1-2H3. The molecule has 1 nitrogen and oxygen atoms in total. The molecule has 1 heteroatoms. The Morgan fingerprint density at radius 2 is 2.25 bits per heavy atom.